The molecular weight excluding hydrogens is 264 g/mol. The topological polar surface area (TPSA) is 46.5 Å². The van der Waals surface area contributed by atoms with Crippen molar-refractivity contribution in [2.75, 3.05) is 7.11 Å². The van der Waals surface area contributed by atoms with Gasteiger partial charge >= 0.3 is 5.97 Å². The number of carbonyl (C=O) groups is 1. The normalized spacial score (nSPS) is 10.7. The quantitative estimate of drug-likeness (QED) is 0.866. The summed E-state index contributed by atoms with van der Waals surface area (Å²) in [6.07, 6.45) is 0.202. The smallest absolute Gasteiger partial charge is 0.309 e. The number of benzene rings is 2. The molecule has 2 aromatic carbocycles. The zero-order valence-electron chi connectivity index (χ0n) is 12.6. The van der Waals surface area contributed by atoms with Crippen LogP contribution in [0.2, 0.25) is 0 Å². The molecular formula is C18H20O3. The number of hydrogen-bond donors (Lipinski definition) is 1. The number of phenols is 1. The maximum absolute atomic E-state index is 11.3. The van der Waals surface area contributed by atoms with Crippen LogP contribution in [-0.4, -0.2) is 18.2 Å². The number of carbonyl (C=O) groups excluding carboxylic acids is 1. The highest BCUT2D eigenvalue weighted by atomic mass is 16.5. The van der Waals surface area contributed by atoms with Crippen LogP contribution in [0.3, 0.4) is 0 Å². The highest BCUT2D eigenvalue weighted by Crippen LogP contribution is 2.31. The number of esters is 1. The Kier molecular flexibility index (Phi) is 4.63. The fourth-order valence-corrected chi connectivity index (χ4v) is 2.21. The lowest BCUT2D eigenvalue weighted by Gasteiger charge is -2.10. The third-order valence-electron chi connectivity index (χ3n) is 3.53. The van der Waals surface area contributed by atoms with Gasteiger partial charge in [-0.25, -0.2) is 0 Å². The molecule has 0 atom stereocenters. The van der Waals surface area contributed by atoms with E-state index in [2.05, 4.69) is 30.7 Å². The van der Waals surface area contributed by atoms with Gasteiger partial charge < -0.3 is 9.84 Å². The van der Waals surface area contributed by atoms with Crippen LogP contribution in [0, 0.1) is 0 Å². The fourth-order valence-electron chi connectivity index (χ4n) is 2.21. The molecule has 1 N–H and O–H groups in total. The lowest BCUT2D eigenvalue weighted by molar-refractivity contribution is -0.139. The van der Waals surface area contributed by atoms with Crippen molar-refractivity contribution in [2.45, 2.75) is 26.2 Å². The van der Waals surface area contributed by atoms with Crippen molar-refractivity contribution in [3.63, 3.8) is 0 Å². The van der Waals surface area contributed by atoms with Crippen LogP contribution in [-0.2, 0) is 16.0 Å². The molecule has 110 valence electrons. The standard InChI is InChI=1S/C18H20O3/c1-12(2)14-5-7-15(8-6-14)16-10-13(4-9-17(16)19)11-18(20)21-3/h4-10,12,19H,11H2,1-3H3. The molecule has 2 aromatic rings. The van der Waals surface area contributed by atoms with E-state index in [9.17, 15) is 9.90 Å². The summed E-state index contributed by atoms with van der Waals surface area (Å²) < 4.78 is 4.67. The minimum Gasteiger partial charge on any atom is -0.507 e. The molecule has 0 radical (unpaired) electrons. The summed E-state index contributed by atoms with van der Waals surface area (Å²) in [7, 11) is 1.37. The van der Waals surface area contributed by atoms with Gasteiger partial charge in [0.1, 0.15) is 5.75 Å². The van der Waals surface area contributed by atoms with E-state index in [0.29, 0.717) is 5.92 Å². The van der Waals surface area contributed by atoms with Gasteiger partial charge in [-0.2, -0.15) is 0 Å². The highest BCUT2D eigenvalue weighted by Gasteiger charge is 2.09. The largest absolute Gasteiger partial charge is 0.507 e. The zero-order valence-corrected chi connectivity index (χ0v) is 12.6. The van der Waals surface area contributed by atoms with Crippen molar-refractivity contribution in [3.8, 4) is 16.9 Å². The third kappa shape index (κ3) is 3.63. The van der Waals surface area contributed by atoms with E-state index < -0.39 is 0 Å². The summed E-state index contributed by atoms with van der Waals surface area (Å²) in [5.41, 5.74) is 3.74. The van der Waals surface area contributed by atoms with Crippen LogP contribution in [0.25, 0.3) is 11.1 Å². The van der Waals surface area contributed by atoms with Gasteiger partial charge in [-0.05, 0) is 34.7 Å². The number of ether oxygens (including phenoxy) is 1. The molecule has 0 spiro atoms. The lowest BCUT2D eigenvalue weighted by Crippen LogP contribution is -2.04. The molecule has 0 heterocycles. The second kappa shape index (κ2) is 6.44. The summed E-state index contributed by atoms with van der Waals surface area (Å²) in [4.78, 5) is 11.3. The minimum absolute atomic E-state index is 0.202. The molecule has 0 unspecified atom stereocenters. The molecule has 0 aromatic heterocycles. The fraction of sp³-hybridized carbons (Fsp3) is 0.278. The third-order valence-corrected chi connectivity index (χ3v) is 3.53. The first-order valence-electron chi connectivity index (χ1n) is 7.00. The summed E-state index contributed by atoms with van der Waals surface area (Å²) in [6.45, 7) is 4.28. The van der Waals surface area contributed by atoms with Gasteiger partial charge in [0.15, 0.2) is 0 Å². The Bertz CT molecular complexity index is 627. The summed E-state index contributed by atoms with van der Waals surface area (Å²) >= 11 is 0. The first kappa shape index (κ1) is 15.1. The van der Waals surface area contributed by atoms with Gasteiger partial charge in [0.05, 0.1) is 13.5 Å². The van der Waals surface area contributed by atoms with Crippen LogP contribution < -0.4 is 0 Å². The van der Waals surface area contributed by atoms with E-state index in [4.69, 9.17) is 0 Å². The Balaban J connectivity index is 2.33. The van der Waals surface area contributed by atoms with Crippen LogP contribution in [0.5, 0.6) is 5.75 Å². The molecule has 0 saturated carbocycles. The summed E-state index contributed by atoms with van der Waals surface area (Å²) in [5.74, 6) is 0.390. The number of aromatic hydroxyl groups is 1. The van der Waals surface area contributed by atoms with Crippen molar-refractivity contribution < 1.29 is 14.6 Å². The van der Waals surface area contributed by atoms with Gasteiger partial charge in [0, 0.05) is 5.56 Å². The van der Waals surface area contributed by atoms with E-state index in [1.54, 1.807) is 12.1 Å². The summed E-state index contributed by atoms with van der Waals surface area (Å²) in [5, 5.41) is 10.0. The Morgan fingerprint density at radius 1 is 1.14 bits per heavy atom. The average molecular weight is 284 g/mol. The zero-order chi connectivity index (χ0) is 15.4. The average Bonchev–Trinajstić information content (AvgIpc) is 2.49. The predicted octanol–water partition coefficient (Wildman–Crippen LogP) is 3.90. The van der Waals surface area contributed by atoms with Gasteiger partial charge in [0.25, 0.3) is 0 Å². The molecule has 0 bridgehead atoms. The SMILES string of the molecule is COC(=O)Cc1ccc(O)c(-c2ccc(C(C)C)cc2)c1. The lowest BCUT2D eigenvalue weighted by atomic mass is 9.97. The number of hydrogen-bond acceptors (Lipinski definition) is 3. The number of rotatable bonds is 4. The molecule has 0 aliphatic carbocycles. The second-order valence-corrected chi connectivity index (χ2v) is 5.38. The molecule has 0 aliphatic rings. The number of phenolic OH excluding ortho intramolecular Hbond substituents is 1. The molecule has 3 heteroatoms. The molecule has 0 aliphatic heterocycles. The van der Waals surface area contributed by atoms with E-state index in [0.717, 1.165) is 16.7 Å². The second-order valence-electron chi connectivity index (χ2n) is 5.38. The van der Waals surface area contributed by atoms with Crippen molar-refractivity contribution in [1.82, 2.24) is 0 Å². The van der Waals surface area contributed by atoms with Gasteiger partial charge in [-0.15, -0.1) is 0 Å². The Labute approximate surface area is 125 Å². The molecule has 21 heavy (non-hydrogen) atoms. The van der Waals surface area contributed by atoms with E-state index >= 15 is 0 Å². The monoisotopic (exact) mass is 284 g/mol. The Morgan fingerprint density at radius 2 is 1.81 bits per heavy atom. The molecule has 3 nitrogen and oxygen atoms in total. The van der Waals surface area contributed by atoms with Gasteiger partial charge in [0.2, 0.25) is 0 Å². The van der Waals surface area contributed by atoms with Crippen molar-refractivity contribution in [2.24, 2.45) is 0 Å². The maximum atomic E-state index is 11.3. The Hall–Kier alpha value is -2.29. The van der Waals surface area contributed by atoms with E-state index in [1.165, 1.54) is 12.7 Å². The van der Waals surface area contributed by atoms with Crippen LogP contribution >= 0.6 is 0 Å². The van der Waals surface area contributed by atoms with E-state index in [-0.39, 0.29) is 18.1 Å². The molecule has 0 saturated heterocycles. The van der Waals surface area contributed by atoms with E-state index in [1.807, 2.05) is 18.2 Å². The molecule has 2 rings (SSSR count). The number of methoxy groups -OCH3 is 1. The van der Waals surface area contributed by atoms with Crippen molar-refractivity contribution in [1.29, 1.82) is 0 Å². The van der Waals surface area contributed by atoms with Gasteiger partial charge in [-0.1, -0.05) is 44.2 Å². The first-order valence-corrected chi connectivity index (χ1v) is 7.00. The summed E-state index contributed by atoms with van der Waals surface area (Å²) in [6, 6.07) is 13.3. The van der Waals surface area contributed by atoms with Crippen LogP contribution in [0.15, 0.2) is 42.5 Å². The molecule has 0 amide bonds. The maximum Gasteiger partial charge on any atom is 0.309 e. The van der Waals surface area contributed by atoms with Crippen LogP contribution in [0.4, 0.5) is 0 Å². The molecule has 0 fully saturated rings. The van der Waals surface area contributed by atoms with Gasteiger partial charge in [-0.3, -0.25) is 4.79 Å². The van der Waals surface area contributed by atoms with Crippen LogP contribution in [0.1, 0.15) is 30.9 Å². The predicted molar refractivity (Wildman–Crippen MR) is 83.4 cm³/mol. The van der Waals surface area contributed by atoms with Crippen molar-refractivity contribution >= 4 is 5.97 Å². The highest BCUT2D eigenvalue weighted by molar-refractivity contribution is 5.76. The van der Waals surface area contributed by atoms with Crippen molar-refractivity contribution in [3.05, 3.63) is 53.6 Å². The first-order chi connectivity index (χ1) is 10.0. The minimum atomic E-state index is -0.290. The Morgan fingerprint density at radius 3 is 2.38 bits per heavy atom.